The Morgan fingerprint density at radius 2 is 2.05 bits per heavy atom. The quantitative estimate of drug-likeness (QED) is 0.930. The molecular formula is C11H12F3N5. The summed E-state index contributed by atoms with van der Waals surface area (Å²) in [6.45, 7) is 2.67. The van der Waals surface area contributed by atoms with Crippen LogP contribution in [0.15, 0.2) is 18.5 Å². The Balaban J connectivity index is 2.41. The minimum absolute atomic E-state index is 0.113. The fourth-order valence-electron chi connectivity index (χ4n) is 1.59. The summed E-state index contributed by atoms with van der Waals surface area (Å²) >= 11 is 0. The van der Waals surface area contributed by atoms with Gasteiger partial charge in [-0.05, 0) is 6.42 Å². The Bertz CT molecular complexity index is 576. The van der Waals surface area contributed by atoms with Crippen molar-refractivity contribution in [1.82, 2.24) is 19.7 Å². The van der Waals surface area contributed by atoms with Gasteiger partial charge in [-0.3, -0.25) is 4.68 Å². The maximum atomic E-state index is 12.6. The van der Waals surface area contributed by atoms with Gasteiger partial charge in [-0.1, -0.05) is 6.92 Å². The number of nitrogen functional groups attached to an aromatic ring is 1. The Labute approximate surface area is 107 Å². The van der Waals surface area contributed by atoms with Crippen molar-refractivity contribution in [2.24, 2.45) is 0 Å². The molecule has 102 valence electrons. The molecule has 0 saturated carbocycles. The highest BCUT2D eigenvalue weighted by Gasteiger charge is 2.35. The van der Waals surface area contributed by atoms with Crippen molar-refractivity contribution in [3.8, 4) is 11.3 Å². The van der Waals surface area contributed by atoms with Gasteiger partial charge in [-0.2, -0.15) is 18.3 Å². The summed E-state index contributed by atoms with van der Waals surface area (Å²) in [5, 5.41) is 4.04. The highest BCUT2D eigenvalue weighted by molar-refractivity contribution is 5.60. The highest BCUT2D eigenvalue weighted by Crippen LogP contribution is 2.29. The Morgan fingerprint density at radius 3 is 2.68 bits per heavy atom. The van der Waals surface area contributed by atoms with E-state index in [4.69, 9.17) is 5.73 Å². The van der Waals surface area contributed by atoms with E-state index >= 15 is 0 Å². The number of halogens is 3. The molecule has 0 aliphatic heterocycles. The lowest BCUT2D eigenvalue weighted by molar-refractivity contribution is -0.144. The average Bonchev–Trinajstić information content (AvgIpc) is 2.76. The predicted octanol–water partition coefficient (Wildman–Crippen LogP) is 2.35. The van der Waals surface area contributed by atoms with Crippen LogP contribution in [0.4, 0.5) is 19.0 Å². The third-order valence-corrected chi connectivity index (χ3v) is 2.38. The van der Waals surface area contributed by atoms with Crippen molar-refractivity contribution in [3.63, 3.8) is 0 Å². The van der Waals surface area contributed by atoms with E-state index in [2.05, 4.69) is 15.1 Å². The molecule has 0 fully saturated rings. The van der Waals surface area contributed by atoms with E-state index in [1.807, 2.05) is 6.92 Å². The topological polar surface area (TPSA) is 69.6 Å². The van der Waals surface area contributed by atoms with Crippen LogP contribution in [-0.4, -0.2) is 19.7 Å². The van der Waals surface area contributed by atoms with Gasteiger partial charge in [0.05, 0.1) is 11.9 Å². The molecule has 0 amide bonds. The van der Waals surface area contributed by atoms with E-state index in [1.54, 1.807) is 10.9 Å². The number of aromatic nitrogens is 4. The minimum Gasteiger partial charge on any atom is -0.384 e. The Hall–Kier alpha value is -2.12. The van der Waals surface area contributed by atoms with Crippen molar-refractivity contribution < 1.29 is 13.2 Å². The second-order valence-corrected chi connectivity index (χ2v) is 3.99. The lowest BCUT2D eigenvalue weighted by Gasteiger charge is -2.07. The normalized spacial score (nSPS) is 11.8. The summed E-state index contributed by atoms with van der Waals surface area (Å²) in [6.07, 6.45) is -0.659. The van der Waals surface area contributed by atoms with Crippen molar-refractivity contribution in [2.75, 3.05) is 5.73 Å². The van der Waals surface area contributed by atoms with E-state index in [0.29, 0.717) is 12.1 Å². The van der Waals surface area contributed by atoms with Crippen LogP contribution in [0, 0.1) is 0 Å². The first-order valence-corrected chi connectivity index (χ1v) is 5.64. The molecule has 5 nitrogen and oxygen atoms in total. The zero-order valence-electron chi connectivity index (χ0n) is 10.1. The summed E-state index contributed by atoms with van der Waals surface area (Å²) in [5.74, 6) is -1.47. The lowest BCUT2D eigenvalue weighted by atomic mass is 10.2. The Kier molecular flexibility index (Phi) is 3.41. The molecule has 0 radical (unpaired) electrons. The van der Waals surface area contributed by atoms with Crippen molar-refractivity contribution >= 4 is 5.82 Å². The molecule has 0 aliphatic rings. The first-order chi connectivity index (χ1) is 8.90. The molecule has 0 unspecified atom stereocenters. The smallest absolute Gasteiger partial charge is 0.384 e. The standard InChI is InChI=1S/C11H12F3N5/c1-2-3-19-6-7(5-16-19)8-4-9(15)18-10(17-8)11(12,13)14/h4-6H,2-3H2,1H3,(H2,15,17,18). The third-order valence-electron chi connectivity index (χ3n) is 2.38. The summed E-state index contributed by atoms with van der Waals surface area (Å²) in [7, 11) is 0. The van der Waals surface area contributed by atoms with E-state index in [0.717, 1.165) is 6.42 Å². The number of nitrogens with zero attached hydrogens (tertiary/aromatic N) is 4. The van der Waals surface area contributed by atoms with Gasteiger partial charge in [0.1, 0.15) is 5.82 Å². The monoisotopic (exact) mass is 271 g/mol. The molecule has 2 N–H and O–H groups in total. The van der Waals surface area contributed by atoms with Crippen LogP contribution in [0.25, 0.3) is 11.3 Å². The number of hydrogen-bond acceptors (Lipinski definition) is 4. The number of nitrogens with two attached hydrogens (primary N) is 1. The van der Waals surface area contributed by atoms with E-state index in [1.165, 1.54) is 12.3 Å². The molecular weight excluding hydrogens is 259 g/mol. The van der Waals surface area contributed by atoms with Gasteiger partial charge >= 0.3 is 6.18 Å². The summed E-state index contributed by atoms with van der Waals surface area (Å²) in [6, 6.07) is 1.29. The van der Waals surface area contributed by atoms with Crippen LogP contribution >= 0.6 is 0 Å². The number of rotatable bonds is 3. The van der Waals surface area contributed by atoms with Gasteiger partial charge < -0.3 is 5.73 Å². The van der Waals surface area contributed by atoms with Crippen LogP contribution in [0.3, 0.4) is 0 Å². The second-order valence-electron chi connectivity index (χ2n) is 3.99. The first-order valence-electron chi connectivity index (χ1n) is 5.64. The fourth-order valence-corrected chi connectivity index (χ4v) is 1.59. The maximum absolute atomic E-state index is 12.6. The van der Waals surface area contributed by atoms with Crippen molar-refractivity contribution in [2.45, 2.75) is 26.1 Å². The third kappa shape index (κ3) is 3.01. The Morgan fingerprint density at radius 1 is 1.32 bits per heavy atom. The van der Waals surface area contributed by atoms with Gasteiger partial charge in [0.2, 0.25) is 5.82 Å². The SMILES string of the molecule is CCCn1cc(-c2cc(N)nc(C(F)(F)F)n2)cn1. The van der Waals surface area contributed by atoms with Gasteiger partial charge in [-0.25, -0.2) is 9.97 Å². The van der Waals surface area contributed by atoms with Crippen LogP contribution in [0.2, 0.25) is 0 Å². The summed E-state index contributed by atoms with van der Waals surface area (Å²) in [4.78, 5) is 6.67. The van der Waals surface area contributed by atoms with Gasteiger partial charge in [0, 0.05) is 24.4 Å². The highest BCUT2D eigenvalue weighted by atomic mass is 19.4. The number of aryl methyl sites for hydroxylation is 1. The molecule has 2 rings (SSSR count). The molecule has 0 saturated heterocycles. The maximum Gasteiger partial charge on any atom is 0.451 e. The lowest BCUT2D eigenvalue weighted by Crippen LogP contribution is -2.12. The van der Waals surface area contributed by atoms with E-state index < -0.39 is 12.0 Å². The molecule has 0 aliphatic carbocycles. The van der Waals surface area contributed by atoms with Crippen LogP contribution in [0.5, 0.6) is 0 Å². The van der Waals surface area contributed by atoms with Crippen molar-refractivity contribution in [3.05, 3.63) is 24.3 Å². The van der Waals surface area contributed by atoms with Crippen LogP contribution in [-0.2, 0) is 12.7 Å². The van der Waals surface area contributed by atoms with Gasteiger partial charge in [0.15, 0.2) is 0 Å². The zero-order chi connectivity index (χ0) is 14.0. The van der Waals surface area contributed by atoms with Gasteiger partial charge in [0.25, 0.3) is 0 Å². The predicted molar refractivity (Wildman–Crippen MR) is 63.0 cm³/mol. The molecule has 2 heterocycles. The van der Waals surface area contributed by atoms with Crippen molar-refractivity contribution in [1.29, 1.82) is 0 Å². The first kappa shape index (κ1) is 13.3. The number of alkyl halides is 3. The second kappa shape index (κ2) is 4.87. The number of anilines is 1. The molecule has 8 heteroatoms. The molecule has 0 spiro atoms. The van der Waals surface area contributed by atoms with Crippen LogP contribution < -0.4 is 5.73 Å². The van der Waals surface area contributed by atoms with E-state index in [9.17, 15) is 13.2 Å². The molecule has 2 aromatic heterocycles. The molecule has 0 bridgehead atoms. The summed E-state index contributed by atoms with van der Waals surface area (Å²) in [5.41, 5.74) is 5.97. The van der Waals surface area contributed by atoms with Crippen LogP contribution in [0.1, 0.15) is 19.2 Å². The average molecular weight is 271 g/mol. The molecule has 0 aromatic carbocycles. The largest absolute Gasteiger partial charge is 0.451 e. The molecule has 19 heavy (non-hydrogen) atoms. The fraction of sp³-hybridized carbons (Fsp3) is 0.364. The molecule has 2 aromatic rings. The minimum atomic E-state index is -4.62. The van der Waals surface area contributed by atoms with E-state index in [-0.39, 0.29) is 11.5 Å². The molecule has 0 atom stereocenters. The van der Waals surface area contributed by atoms with Gasteiger partial charge in [-0.15, -0.1) is 0 Å². The summed E-state index contributed by atoms with van der Waals surface area (Å²) < 4.78 is 39.4. The number of hydrogen-bond donors (Lipinski definition) is 1. The zero-order valence-corrected chi connectivity index (χ0v) is 10.1.